The van der Waals surface area contributed by atoms with Gasteiger partial charge in [-0.2, -0.15) is 0 Å². The average Bonchev–Trinajstić information content (AvgIpc) is 1.41. The van der Waals surface area contributed by atoms with E-state index in [4.69, 9.17) is 7.85 Å². The van der Waals surface area contributed by atoms with Crippen LogP contribution in [-0.2, 0) is 0 Å². The van der Waals surface area contributed by atoms with Crippen LogP contribution < -0.4 is 56.1 Å². The van der Waals surface area contributed by atoms with Gasteiger partial charge in [-0.3, -0.25) is 0 Å². The smallest absolute Gasteiger partial charge is 1.00 e. The van der Waals surface area contributed by atoms with Gasteiger partial charge in [0.15, 0.2) is 0 Å². The molecule has 0 aromatic carbocycles. The van der Waals surface area contributed by atoms with Crippen LogP contribution in [0.25, 0.3) is 0 Å². The molecule has 2 radical (unpaired) electrons. The van der Waals surface area contributed by atoms with Crippen LogP contribution >= 0.6 is 0 Å². The van der Waals surface area contributed by atoms with Crippen LogP contribution in [0.4, 0.5) is 0 Å². The van der Waals surface area contributed by atoms with Crippen LogP contribution in [0.15, 0.2) is 0 Å². The minimum absolute atomic E-state index is 0. The monoisotopic (exact) mass is 126 g/mol. The van der Waals surface area contributed by atoms with Crippen molar-refractivity contribution in [2.45, 2.75) is 26.1 Å². The summed E-state index contributed by atoms with van der Waals surface area (Å²) in [6.45, 7) is 2.13. The van der Waals surface area contributed by atoms with E-state index < -0.39 is 0 Å². The Labute approximate surface area is 88.6 Å². The fraction of sp³-hybridized carbons (Fsp3) is 1.00. The van der Waals surface area contributed by atoms with Crippen molar-refractivity contribution in [3.05, 3.63) is 0 Å². The van der Waals surface area contributed by atoms with Gasteiger partial charge in [-0.25, -0.2) is 0 Å². The van der Waals surface area contributed by atoms with Crippen molar-refractivity contribution < 1.29 is 56.1 Å². The van der Waals surface area contributed by atoms with Crippen molar-refractivity contribution in [2.75, 3.05) is 0 Å². The molecule has 0 spiro atoms. The molecular formula is C4H9BFK. The Bertz CT molecular complexity index is 19.2. The molecular weight excluding hydrogens is 117 g/mol. The molecule has 0 saturated heterocycles. The Hall–Kier alpha value is 1.63. The first-order valence-corrected chi connectivity index (χ1v) is 2.12. The van der Waals surface area contributed by atoms with Crippen molar-refractivity contribution in [2.24, 2.45) is 0 Å². The van der Waals surface area contributed by atoms with Gasteiger partial charge in [-0.1, -0.05) is 26.1 Å². The Morgan fingerprint density at radius 2 is 1.86 bits per heavy atom. The first kappa shape index (κ1) is 15.9. The number of hydrogen-bond donors (Lipinski definition) is 0. The van der Waals surface area contributed by atoms with E-state index in [0.717, 1.165) is 6.32 Å². The molecule has 0 unspecified atom stereocenters. The Kier molecular flexibility index (Phi) is 35.4. The van der Waals surface area contributed by atoms with E-state index in [-0.39, 0.29) is 56.1 Å². The molecule has 0 heterocycles. The van der Waals surface area contributed by atoms with Crippen molar-refractivity contribution in [3.8, 4) is 0 Å². The summed E-state index contributed by atoms with van der Waals surface area (Å²) in [4.78, 5) is 0. The molecule has 0 nitrogen and oxygen atoms in total. The van der Waals surface area contributed by atoms with Crippen molar-refractivity contribution >= 4 is 7.85 Å². The minimum Gasteiger partial charge on any atom is -1.00 e. The summed E-state index contributed by atoms with van der Waals surface area (Å²) in [6, 6.07) is 0. The molecule has 0 bridgehead atoms. The summed E-state index contributed by atoms with van der Waals surface area (Å²) in [7, 11) is 5.14. The summed E-state index contributed by atoms with van der Waals surface area (Å²) in [5.41, 5.74) is 0. The van der Waals surface area contributed by atoms with E-state index >= 15 is 0 Å². The zero-order valence-electron chi connectivity index (χ0n) is 5.08. The Balaban J connectivity index is -0.0000000800. The molecule has 0 N–H and O–H groups in total. The third-order valence-electron chi connectivity index (χ3n) is 0.558. The van der Waals surface area contributed by atoms with Gasteiger partial charge in [-0.05, 0) is 0 Å². The summed E-state index contributed by atoms with van der Waals surface area (Å²) >= 11 is 0. The van der Waals surface area contributed by atoms with Crippen molar-refractivity contribution in [3.63, 3.8) is 0 Å². The maximum Gasteiger partial charge on any atom is 1.00 e. The van der Waals surface area contributed by atoms with E-state index in [9.17, 15) is 0 Å². The molecule has 36 valence electrons. The molecule has 0 aliphatic rings. The van der Waals surface area contributed by atoms with Crippen LogP contribution in [0.2, 0.25) is 6.32 Å². The largest absolute Gasteiger partial charge is 1.00 e. The van der Waals surface area contributed by atoms with E-state index in [2.05, 4.69) is 6.92 Å². The van der Waals surface area contributed by atoms with Gasteiger partial charge in [0.05, 0.1) is 7.85 Å². The number of halogens is 1. The van der Waals surface area contributed by atoms with Crippen LogP contribution in [-0.4, -0.2) is 7.85 Å². The average molecular weight is 126 g/mol. The molecule has 0 aromatic rings. The fourth-order valence-corrected chi connectivity index (χ4v) is 0.204. The maximum absolute atomic E-state index is 5.14. The molecule has 7 heavy (non-hydrogen) atoms. The van der Waals surface area contributed by atoms with E-state index in [1.165, 1.54) is 12.8 Å². The predicted octanol–water partition coefficient (Wildman–Crippen LogP) is -4.62. The fourth-order valence-electron chi connectivity index (χ4n) is 0.204. The van der Waals surface area contributed by atoms with Gasteiger partial charge in [0.1, 0.15) is 0 Å². The second-order valence-electron chi connectivity index (χ2n) is 1.14. The van der Waals surface area contributed by atoms with Crippen molar-refractivity contribution in [1.82, 2.24) is 0 Å². The van der Waals surface area contributed by atoms with Gasteiger partial charge >= 0.3 is 51.4 Å². The molecule has 0 rings (SSSR count). The van der Waals surface area contributed by atoms with Crippen LogP contribution in [0, 0.1) is 0 Å². The number of hydrogen-bond acceptors (Lipinski definition) is 0. The summed E-state index contributed by atoms with van der Waals surface area (Å²) in [5.74, 6) is 0. The normalized spacial score (nSPS) is 5.86. The summed E-state index contributed by atoms with van der Waals surface area (Å²) < 4.78 is 0. The summed E-state index contributed by atoms with van der Waals surface area (Å²) in [5, 5.41) is 0. The third kappa shape index (κ3) is 18.4. The Morgan fingerprint density at radius 1 is 1.43 bits per heavy atom. The van der Waals surface area contributed by atoms with Gasteiger partial charge in [-0.15, -0.1) is 0 Å². The van der Waals surface area contributed by atoms with Crippen LogP contribution in [0.5, 0.6) is 0 Å². The first-order chi connectivity index (χ1) is 2.41. The van der Waals surface area contributed by atoms with Gasteiger partial charge in [0.2, 0.25) is 0 Å². The maximum atomic E-state index is 5.14. The molecule has 0 aromatic heterocycles. The second-order valence-corrected chi connectivity index (χ2v) is 1.14. The molecule has 0 aliphatic heterocycles. The topological polar surface area (TPSA) is 0 Å². The molecule has 0 amide bonds. The van der Waals surface area contributed by atoms with Gasteiger partial charge in [0, 0.05) is 0 Å². The molecule has 0 fully saturated rings. The Morgan fingerprint density at radius 3 is 1.86 bits per heavy atom. The SMILES string of the molecule is [B]CCCC.[F-].[K+]. The number of rotatable bonds is 2. The zero-order valence-corrected chi connectivity index (χ0v) is 8.20. The van der Waals surface area contributed by atoms with E-state index in [1.54, 1.807) is 0 Å². The molecule has 3 heteroatoms. The zero-order chi connectivity index (χ0) is 4.12. The third-order valence-corrected chi connectivity index (χ3v) is 0.558. The summed E-state index contributed by atoms with van der Waals surface area (Å²) in [6.07, 6.45) is 3.23. The standard InChI is InChI=1S/C4H9B.FH.K/c1-2-3-4-5;;/h2-4H2,1H3;1H;/q;;+1/p-1. The molecule has 0 atom stereocenters. The predicted molar refractivity (Wildman–Crippen MR) is 25.5 cm³/mol. The van der Waals surface area contributed by atoms with Gasteiger partial charge < -0.3 is 4.70 Å². The van der Waals surface area contributed by atoms with E-state index in [0.29, 0.717) is 0 Å². The molecule has 0 saturated carbocycles. The quantitative estimate of drug-likeness (QED) is 0.326. The van der Waals surface area contributed by atoms with Crippen molar-refractivity contribution in [1.29, 1.82) is 0 Å². The minimum atomic E-state index is 0. The molecule has 0 aliphatic carbocycles. The van der Waals surface area contributed by atoms with Gasteiger partial charge in [0.25, 0.3) is 0 Å². The first-order valence-electron chi connectivity index (χ1n) is 2.12. The van der Waals surface area contributed by atoms with Crippen LogP contribution in [0.1, 0.15) is 19.8 Å². The van der Waals surface area contributed by atoms with Crippen LogP contribution in [0.3, 0.4) is 0 Å². The number of unbranched alkanes of at least 4 members (excludes halogenated alkanes) is 1. The second kappa shape index (κ2) is 15.6. The van der Waals surface area contributed by atoms with E-state index in [1.807, 2.05) is 0 Å².